The molecule has 0 N–H and O–H groups in total. The van der Waals surface area contributed by atoms with Crippen LogP contribution in [0.4, 0.5) is 4.79 Å². The molecule has 2 rings (SSSR count). The molecule has 1 aliphatic rings. The van der Waals surface area contributed by atoms with Crippen LogP contribution in [0, 0.1) is 0 Å². The van der Waals surface area contributed by atoms with E-state index in [1.165, 1.54) is 18.2 Å². The van der Waals surface area contributed by atoms with Gasteiger partial charge in [0.25, 0.3) is 0 Å². The molecule has 5 nitrogen and oxygen atoms in total. The van der Waals surface area contributed by atoms with Crippen LogP contribution in [-0.2, 0) is 9.53 Å². The number of hydrogen-bond acceptors (Lipinski definition) is 4. The van der Waals surface area contributed by atoms with Gasteiger partial charge < -0.3 is 9.47 Å². The number of para-hydroxylation sites is 1. The van der Waals surface area contributed by atoms with Gasteiger partial charge in [0.1, 0.15) is 5.75 Å². The van der Waals surface area contributed by atoms with E-state index in [2.05, 4.69) is 6.92 Å². The SMILES string of the molecule is CCCCC1C=CC(C(=O)OC)=CN1C(=O)Oc1ccccc1. The summed E-state index contributed by atoms with van der Waals surface area (Å²) in [6.07, 6.45) is 7.33. The zero-order valence-corrected chi connectivity index (χ0v) is 13.4. The summed E-state index contributed by atoms with van der Waals surface area (Å²) in [6.45, 7) is 2.09. The largest absolute Gasteiger partial charge is 0.465 e. The molecule has 1 aromatic rings. The summed E-state index contributed by atoms with van der Waals surface area (Å²) < 4.78 is 10.1. The minimum atomic E-state index is -0.511. The van der Waals surface area contributed by atoms with Crippen molar-refractivity contribution in [2.45, 2.75) is 32.2 Å². The number of unbranched alkanes of at least 4 members (excludes halogenated alkanes) is 1. The van der Waals surface area contributed by atoms with Crippen molar-refractivity contribution < 1.29 is 19.1 Å². The number of benzene rings is 1. The Bertz CT molecular complexity index is 607. The standard InChI is InChI=1S/C18H21NO4/c1-3-4-8-15-12-11-14(17(20)22-2)13-19(15)18(21)23-16-9-6-5-7-10-16/h5-7,9-13,15H,3-4,8H2,1-2H3. The molecule has 1 unspecified atom stereocenters. The monoisotopic (exact) mass is 315 g/mol. The van der Waals surface area contributed by atoms with Gasteiger partial charge in [0.2, 0.25) is 0 Å². The van der Waals surface area contributed by atoms with Crippen LogP contribution >= 0.6 is 0 Å². The number of rotatable bonds is 5. The molecule has 0 aromatic heterocycles. The third-order valence-corrected chi connectivity index (χ3v) is 3.57. The van der Waals surface area contributed by atoms with Gasteiger partial charge in [0.05, 0.1) is 18.7 Å². The Kier molecular flexibility index (Phi) is 5.97. The predicted octanol–water partition coefficient (Wildman–Crippen LogP) is 3.67. The number of carbonyl (C=O) groups is 2. The van der Waals surface area contributed by atoms with Crippen LogP contribution in [0.1, 0.15) is 26.2 Å². The topological polar surface area (TPSA) is 55.8 Å². The van der Waals surface area contributed by atoms with Crippen molar-refractivity contribution in [1.29, 1.82) is 0 Å². The maximum atomic E-state index is 12.5. The summed E-state index contributed by atoms with van der Waals surface area (Å²) in [7, 11) is 1.31. The Hall–Kier alpha value is -2.56. The quantitative estimate of drug-likeness (QED) is 0.778. The number of carbonyl (C=O) groups excluding carboxylic acids is 2. The molecule has 1 heterocycles. The Labute approximate surface area is 136 Å². The van der Waals surface area contributed by atoms with Gasteiger partial charge in [-0.1, -0.05) is 44.0 Å². The van der Waals surface area contributed by atoms with E-state index in [4.69, 9.17) is 9.47 Å². The van der Waals surface area contributed by atoms with E-state index in [0.717, 1.165) is 19.3 Å². The summed E-state index contributed by atoms with van der Waals surface area (Å²) in [5, 5.41) is 0. The first-order valence-corrected chi connectivity index (χ1v) is 7.69. The van der Waals surface area contributed by atoms with Crippen LogP contribution in [-0.4, -0.2) is 30.1 Å². The lowest BCUT2D eigenvalue weighted by Gasteiger charge is -2.29. The Balaban J connectivity index is 2.17. The first-order valence-electron chi connectivity index (χ1n) is 7.69. The summed E-state index contributed by atoms with van der Waals surface area (Å²) in [6, 6.07) is 8.74. The number of methoxy groups -OCH3 is 1. The number of ether oxygens (including phenoxy) is 2. The van der Waals surface area contributed by atoms with Gasteiger partial charge in [-0.2, -0.15) is 0 Å². The van der Waals surface area contributed by atoms with Gasteiger partial charge in [0.15, 0.2) is 0 Å². The summed E-state index contributed by atoms with van der Waals surface area (Å²) in [5.74, 6) is -0.0120. The van der Waals surface area contributed by atoms with Crippen LogP contribution in [0.25, 0.3) is 0 Å². The van der Waals surface area contributed by atoms with Crippen LogP contribution in [0.3, 0.4) is 0 Å². The van der Waals surface area contributed by atoms with E-state index in [1.807, 2.05) is 12.1 Å². The lowest BCUT2D eigenvalue weighted by molar-refractivity contribution is -0.135. The van der Waals surface area contributed by atoms with Gasteiger partial charge in [0, 0.05) is 6.20 Å². The van der Waals surface area contributed by atoms with Crippen LogP contribution in [0.5, 0.6) is 5.75 Å². The molecular formula is C18H21NO4. The lowest BCUT2D eigenvalue weighted by Crippen LogP contribution is -2.39. The third kappa shape index (κ3) is 4.45. The molecular weight excluding hydrogens is 294 g/mol. The van der Waals surface area contributed by atoms with Crippen LogP contribution in [0.2, 0.25) is 0 Å². The fraction of sp³-hybridized carbons (Fsp3) is 0.333. The maximum absolute atomic E-state index is 12.5. The highest BCUT2D eigenvalue weighted by Crippen LogP contribution is 2.21. The van der Waals surface area contributed by atoms with Crippen LogP contribution < -0.4 is 4.74 Å². The summed E-state index contributed by atoms with van der Waals surface area (Å²) >= 11 is 0. The van der Waals surface area contributed by atoms with Gasteiger partial charge in [-0.25, -0.2) is 9.59 Å². The molecule has 122 valence electrons. The van der Waals surface area contributed by atoms with Gasteiger partial charge in [-0.15, -0.1) is 0 Å². The minimum Gasteiger partial charge on any atom is -0.465 e. The molecule has 1 atom stereocenters. The Morgan fingerprint density at radius 1 is 1.22 bits per heavy atom. The van der Waals surface area contributed by atoms with Crippen molar-refractivity contribution in [3.63, 3.8) is 0 Å². The van der Waals surface area contributed by atoms with Crippen molar-refractivity contribution in [1.82, 2.24) is 4.90 Å². The Morgan fingerprint density at radius 3 is 2.61 bits per heavy atom. The second-order valence-corrected chi connectivity index (χ2v) is 5.23. The average Bonchev–Trinajstić information content (AvgIpc) is 2.60. The van der Waals surface area contributed by atoms with E-state index < -0.39 is 12.1 Å². The van der Waals surface area contributed by atoms with Gasteiger partial charge >= 0.3 is 12.1 Å². The average molecular weight is 315 g/mol. The molecule has 0 bridgehead atoms. The molecule has 0 spiro atoms. The Morgan fingerprint density at radius 2 is 1.96 bits per heavy atom. The molecule has 1 aromatic carbocycles. The zero-order valence-electron chi connectivity index (χ0n) is 13.4. The van der Waals surface area contributed by atoms with E-state index in [-0.39, 0.29) is 6.04 Å². The van der Waals surface area contributed by atoms with Crippen LogP contribution in [0.15, 0.2) is 54.3 Å². The number of hydrogen-bond donors (Lipinski definition) is 0. The van der Waals surface area contributed by atoms with Gasteiger partial charge in [-0.3, -0.25) is 4.90 Å². The van der Waals surface area contributed by atoms with Crippen molar-refractivity contribution in [3.8, 4) is 5.75 Å². The number of amides is 1. The van der Waals surface area contributed by atoms with E-state index in [9.17, 15) is 9.59 Å². The summed E-state index contributed by atoms with van der Waals surface area (Å²) in [5.41, 5.74) is 0.324. The van der Waals surface area contributed by atoms with E-state index >= 15 is 0 Å². The first-order chi connectivity index (χ1) is 11.2. The van der Waals surface area contributed by atoms with Crippen molar-refractivity contribution in [2.24, 2.45) is 0 Å². The molecule has 1 aliphatic heterocycles. The fourth-order valence-electron chi connectivity index (χ4n) is 2.31. The predicted molar refractivity (Wildman–Crippen MR) is 86.9 cm³/mol. The minimum absolute atomic E-state index is 0.125. The third-order valence-electron chi connectivity index (χ3n) is 3.57. The second kappa shape index (κ2) is 8.17. The fourth-order valence-corrected chi connectivity index (χ4v) is 2.31. The normalized spacial score (nSPS) is 16.7. The highest BCUT2D eigenvalue weighted by molar-refractivity contribution is 5.92. The highest BCUT2D eigenvalue weighted by atomic mass is 16.6. The second-order valence-electron chi connectivity index (χ2n) is 5.23. The number of esters is 1. The van der Waals surface area contributed by atoms with Crippen molar-refractivity contribution in [3.05, 3.63) is 54.3 Å². The van der Waals surface area contributed by atoms with Gasteiger partial charge in [-0.05, 0) is 24.6 Å². The molecule has 5 heteroatoms. The molecule has 0 saturated carbocycles. The lowest BCUT2D eigenvalue weighted by atomic mass is 10.0. The maximum Gasteiger partial charge on any atom is 0.419 e. The summed E-state index contributed by atoms with van der Waals surface area (Å²) in [4.78, 5) is 25.6. The molecule has 0 radical (unpaired) electrons. The molecule has 0 saturated heterocycles. The first kappa shape index (κ1) is 16.8. The van der Waals surface area contributed by atoms with Crippen molar-refractivity contribution >= 4 is 12.1 Å². The highest BCUT2D eigenvalue weighted by Gasteiger charge is 2.26. The molecule has 0 fully saturated rings. The smallest absolute Gasteiger partial charge is 0.419 e. The zero-order chi connectivity index (χ0) is 16.7. The molecule has 23 heavy (non-hydrogen) atoms. The van der Waals surface area contributed by atoms with E-state index in [0.29, 0.717) is 11.3 Å². The molecule has 1 amide bonds. The molecule has 0 aliphatic carbocycles. The van der Waals surface area contributed by atoms with Crippen molar-refractivity contribution in [2.75, 3.05) is 7.11 Å². The number of nitrogens with zero attached hydrogens (tertiary/aromatic N) is 1. The van der Waals surface area contributed by atoms with E-state index in [1.54, 1.807) is 30.3 Å².